The van der Waals surface area contributed by atoms with Gasteiger partial charge in [-0.25, -0.2) is 4.98 Å². The molecule has 0 spiro atoms. The summed E-state index contributed by atoms with van der Waals surface area (Å²) in [6.07, 6.45) is 6.15. The molecule has 1 aliphatic heterocycles. The van der Waals surface area contributed by atoms with Crippen LogP contribution in [0.25, 0.3) is 10.6 Å². The summed E-state index contributed by atoms with van der Waals surface area (Å²) in [5, 5.41) is 8.05. The summed E-state index contributed by atoms with van der Waals surface area (Å²) in [7, 11) is 4.25. The van der Waals surface area contributed by atoms with E-state index in [2.05, 4.69) is 86.8 Å². The Bertz CT molecular complexity index is 979. The zero-order chi connectivity index (χ0) is 29.6. The number of carbonyl (C=O) groups is 2. The first-order valence-electron chi connectivity index (χ1n) is 13.8. The molecule has 3 rings (SSSR count). The molecule has 0 radical (unpaired) electrons. The highest BCUT2D eigenvalue weighted by Crippen LogP contribution is 2.38. The third-order valence-corrected chi connectivity index (χ3v) is 7.62. The van der Waals surface area contributed by atoms with Crippen LogP contribution in [0.3, 0.4) is 0 Å². The van der Waals surface area contributed by atoms with Gasteiger partial charge in [0.05, 0.1) is 0 Å². The van der Waals surface area contributed by atoms with Gasteiger partial charge < -0.3 is 14.7 Å². The Morgan fingerprint density at radius 2 is 1.77 bits per heavy atom. The molecule has 8 heteroatoms. The molecule has 1 aliphatic rings. The first-order valence-corrected chi connectivity index (χ1v) is 14.6. The van der Waals surface area contributed by atoms with E-state index in [-0.39, 0.29) is 12.1 Å². The van der Waals surface area contributed by atoms with E-state index in [1.54, 1.807) is 0 Å². The smallest absolute Gasteiger partial charge is 0.293 e. The Hall–Kier alpha value is -2.29. The topological polar surface area (TPSA) is 83.0 Å². The molecular weight excluding hydrogens is 510 g/mol. The lowest BCUT2D eigenvalue weighted by Gasteiger charge is -2.43. The van der Waals surface area contributed by atoms with Gasteiger partial charge in [-0.3, -0.25) is 14.5 Å². The van der Waals surface area contributed by atoms with Gasteiger partial charge in [0, 0.05) is 42.8 Å². The van der Waals surface area contributed by atoms with Crippen molar-refractivity contribution in [3.05, 3.63) is 40.9 Å². The van der Waals surface area contributed by atoms with Crippen LogP contribution in [-0.2, 0) is 27.4 Å². The molecule has 7 nitrogen and oxygen atoms in total. The van der Waals surface area contributed by atoms with Crippen molar-refractivity contribution in [2.75, 3.05) is 27.2 Å². The number of carbonyl (C=O) groups excluding carboxylic acids is 1. The Kier molecular flexibility index (Phi) is 14.9. The predicted octanol–water partition coefficient (Wildman–Crippen LogP) is 6.81. The zero-order valence-electron chi connectivity index (χ0n) is 25.6. The minimum absolute atomic E-state index is 0.250. The van der Waals surface area contributed by atoms with Crippen LogP contribution in [0.2, 0.25) is 0 Å². The molecule has 2 unspecified atom stereocenters. The quantitative estimate of drug-likeness (QED) is 0.354. The molecular formula is C31H51N3O4S. The number of benzene rings is 1. The van der Waals surface area contributed by atoms with E-state index in [1.807, 2.05) is 32.1 Å². The Balaban J connectivity index is 0.000000652. The SMILES string of the molecule is CC(C)(C)OC=O.CCCC1CC(C(C)(C)C)CN(Cc2cnc(-c3ccccc3CN(C)C)s2)C1.O=CO. The van der Waals surface area contributed by atoms with Crippen molar-refractivity contribution in [2.45, 2.75) is 86.4 Å². The number of piperidine rings is 1. The second kappa shape index (κ2) is 16.7. The normalized spacial score (nSPS) is 17.9. The van der Waals surface area contributed by atoms with Gasteiger partial charge in [-0.15, -0.1) is 11.3 Å². The molecule has 1 N–H and O–H groups in total. The molecule has 1 aromatic heterocycles. The highest BCUT2D eigenvalue weighted by atomic mass is 32.1. The fourth-order valence-electron chi connectivity index (χ4n) is 4.75. The van der Waals surface area contributed by atoms with Gasteiger partial charge in [-0.2, -0.15) is 0 Å². The van der Waals surface area contributed by atoms with Crippen LogP contribution in [0.15, 0.2) is 30.5 Å². The maximum absolute atomic E-state index is 9.60. The number of hydrogen-bond donors (Lipinski definition) is 1. The van der Waals surface area contributed by atoms with Crippen LogP contribution < -0.4 is 0 Å². The first kappa shape index (κ1) is 34.7. The van der Waals surface area contributed by atoms with E-state index in [1.165, 1.54) is 48.4 Å². The molecule has 1 fully saturated rings. The minimum atomic E-state index is -0.318. The highest BCUT2D eigenvalue weighted by Gasteiger charge is 2.34. The van der Waals surface area contributed by atoms with Crippen molar-refractivity contribution in [1.29, 1.82) is 0 Å². The fourth-order valence-corrected chi connectivity index (χ4v) is 5.77. The van der Waals surface area contributed by atoms with E-state index >= 15 is 0 Å². The number of ether oxygens (including phenoxy) is 1. The molecule has 1 saturated heterocycles. The second-order valence-corrected chi connectivity index (χ2v) is 13.7. The van der Waals surface area contributed by atoms with Crippen molar-refractivity contribution in [2.24, 2.45) is 17.3 Å². The molecule has 1 aromatic carbocycles. The van der Waals surface area contributed by atoms with Crippen molar-refractivity contribution >= 4 is 24.3 Å². The van der Waals surface area contributed by atoms with Crippen molar-refractivity contribution in [3.8, 4) is 10.6 Å². The van der Waals surface area contributed by atoms with E-state index in [0.717, 1.165) is 29.9 Å². The Morgan fingerprint density at radius 1 is 1.13 bits per heavy atom. The summed E-state index contributed by atoms with van der Waals surface area (Å²) in [4.78, 5) is 29.1. The number of thiazole rings is 1. The number of rotatable bonds is 8. The van der Waals surface area contributed by atoms with Crippen molar-refractivity contribution in [3.63, 3.8) is 0 Å². The van der Waals surface area contributed by atoms with Gasteiger partial charge in [0.15, 0.2) is 0 Å². The molecule has 2 heterocycles. The van der Waals surface area contributed by atoms with Gasteiger partial charge in [-0.05, 0) is 70.5 Å². The van der Waals surface area contributed by atoms with Crippen LogP contribution in [0.1, 0.15) is 78.2 Å². The summed E-state index contributed by atoms with van der Waals surface area (Å²) < 4.78 is 4.55. The number of likely N-dealkylation sites (tertiary alicyclic amines) is 1. The molecule has 0 aliphatic carbocycles. The summed E-state index contributed by atoms with van der Waals surface area (Å²) in [6.45, 7) is 19.7. The maximum Gasteiger partial charge on any atom is 0.293 e. The zero-order valence-corrected chi connectivity index (χ0v) is 26.4. The van der Waals surface area contributed by atoms with Crippen LogP contribution in [-0.4, -0.2) is 65.6 Å². The fraction of sp³-hybridized carbons (Fsp3) is 0.645. The molecule has 0 bridgehead atoms. The third-order valence-electron chi connectivity index (χ3n) is 6.60. The van der Waals surface area contributed by atoms with E-state index in [9.17, 15) is 4.79 Å². The van der Waals surface area contributed by atoms with E-state index in [0.29, 0.717) is 11.9 Å². The molecule has 0 amide bonds. The molecule has 39 heavy (non-hydrogen) atoms. The highest BCUT2D eigenvalue weighted by molar-refractivity contribution is 7.15. The summed E-state index contributed by atoms with van der Waals surface area (Å²) >= 11 is 1.87. The molecule has 2 atom stereocenters. The third kappa shape index (κ3) is 13.6. The molecule has 220 valence electrons. The lowest BCUT2D eigenvalue weighted by molar-refractivity contribution is -0.138. The number of carboxylic acid groups (broad SMARTS) is 1. The van der Waals surface area contributed by atoms with Crippen molar-refractivity contribution < 1.29 is 19.4 Å². The van der Waals surface area contributed by atoms with Gasteiger partial charge in [0.25, 0.3) is 12.9 Å². The standard InChI is InChI=1S/C25H39N3S.C5H10O2.CH2O2/c1-7-10-19-13-21(25(2,3)4)17-28(15-19)18-22-14-26-24(29-22)23-12-9-8-11-20(23)16-27(5)6;1-5(2,3)7-4-6;2-1-3/h8-9,11-12,14,19,21H,7,10,13,15-18H2,1-6H3;4H,1-3H3;1H,(H,2,3). The largest absolute Gasteiger partial charge is 0.483 e. The average Bonchev–Trinajstić information content (AvgIpc) is 3.27. The predicted molar refractivity (Wildman–Crippen MR) is 162 cm³/mol. The Labute approximate surface area is 240 Å². The van der Waals surface area contributed by atoms with Gasteiger partial charge in [-0.1, -0.05) is 58.4 Å². The maximum atomic E-state index is 9.60. The Morgan fingerprint density at radius 3 is 2.28 bits per heavy atom. The van der Waals surface area contributed by atoms with Gasteiger partial charge >= 0.3 is 0 Å². The van der Waals surface area contributed by atoms with Crippen LogP contribution >= 0.6 is 11.3 Å². The van der Waals surface area contributed by atoms with E-state index in [4.69, 9.17) is 14.9 Å². The monoisotopic (exact) mass is 561 g/mol. The number of nitrogens with zero attached hydrogens (tertiary/aromatic N) is 3. The minimum Gasteiger partial charge on any atom is -0.483 e. The summed E-state index contributed by atoms with van der Waals surface area (Å²) in [5.41, 5.74) is 2.70. The van der Waals surface area contributed by atoms with Crippen LogP contribution in [0.5, 0.6) is 0 Å². The van der Waals surface area contributed by atoms with Crippen LogP contribution in [0.4, 0.5) is 0 Å². The summed E-state index contributed by atoms with van der Waals surface area (Å²) in [5.74, 6) is 1.62. The number of hydrogen-bond acceptors (Lipinski definition) is 7. The van der Waals surface area contributed by atoms with E-state index < -0.39 is 0 Å². The summed E-state index contributed by atoms with van der Waals surface area (Å²) in [6, 6.07) is 8.70. The average molecular weight is 562 g/mol. The second-order valence-electron chi connectivity index (χ2n) is 12.6. The number of aromatic nitrogens is 1. The lowest BCUT2D eigenvalue weighted by Crippen LogP contribution is -2.44. The molecule has 2 aromatic rings. The first-order chi connectivity index (χ1) is 18.2. The van der Waals surface area contributed by atoms with Crippen LogP contribution in [0, 0.1) is 17.3 Å². The van der Waals surface area contributed by atoms with Gasteiger partial charge in [0.2, 0.25) is 0 Å². The lowest BCUT2D eigenvalue weighted by atomic mass is 9.72. The molecule has 0 saturated carbocycles. The van der Waals surface area contributed by atoms with Gasteiger partial charge in [0.1, 0.15) is 10.6 Å². The van der Waals surface area contributed by atoms with Crippen molar-refractivity contribution in [1.82, 2.24) is 14.8 Å².